The lowest BCUT2D eigenvalue weighted by atomic mass is 9.97. The average molecular weight is 230 g/mol. The van der Waals surface area contributed by atoms with E-state index in [-0.39, 0.29) is 6.04 Å². The highest BCUT2D eigenvalue weighted by molar-refractivity contribution is 5.85. The molecule has 3 heteroatoms. The summed E-state index contributed by atoms with van der Waals surface area (Å²) in [7, 11) is 1.72. The van der Waals surface area contributed by atoms with Crippen LogP contribution in [0.3, 0.4) is 0 Å². The molecule has 0 radical (unpaired) electrons. The summed E-state index contributed by atoms with van der Waals surface area (Å²) in [5, 5.41) is 2.35. The third-order valence-corrected chi connectivity index (χ3v) is 2.98. The van der Waals surface area contributed by atoms with E-state index < -0.39 is 0 Å². The fraction of sp³-hybridized carbons (Fsp3) is 0.357. The van der Waals surface area contributed by atoms with Crippen LogP contribution in [0.1, 0.15) is 24.4 Å². The Morgan fingerprint density at radius 3 is 3.06 bits per heavy atom. The van der Waals surface area contributed by atoms with Crippen LogP contribution in [0.15, 0.2) is 36.7 Å². The van der Waals surface area contributed by atoms with Gasteiger partial charge in [-0.2, -0.15) is 0 Å². The molecule has 0 aliphatic rings. The molecular formula is C14H18N2O. The van der Waals surface area contributed by atoms with Crippen molar-refractivity contribution in [2.75, 3.05) is 13.7 Å². The highest BCUT2D eigenvalue weighted by Gasteiger charge is 2.09. The van der Waals surface area contributed by atoms with Crippen LogP contribution >= 0.6 is 0 Å². The zero-order valence-electron chi connectivity index (χ0n) is 10.1. The molecule has 3 nitrogen and oxygen atoms in total. The number of nitrogens with zero attached hydrogens (tertiary/aromatic N) is 1. The molecule has 1 heterocycles. The van der Waals surface area contributed by atoms with E-state index in [1.54, 1.807) is 7.11 Å². The molecular weight excluding hydrogens is 212 g/mol. The van der Waals surface area contributed by atoms with Crippen molar-refractivity contribution in [1.29, 1.82) is 0 Å². The Hall–Kier alpha value is -1.45. The number of methoxy groups -OCH3 is 1. The van der Waals surface area contributed by atoms with Gasteiger partial charge in [0.05, 0.1) is 0 Å². The van der Waals surface area contributed by atoms with E-state index in [9.17, 15) is 0 Å². The van der Waals surface area contributed by atoms with Gasteiger partial charge >= 0.3 is 0 Å². The van der Waals surface area contributed by atoms with E-state index in [0.717, 1.165) is 24.8 Å². The maximum Gasteiger partial charge on any atom is 0.0462 e. The van der Waals surface area contributed by atoms with Crippen molar-refractivity contribution in [2.45, 2.75) is 18.9 Å². The van der Waals surface area contributed by atoms with Gasteiger partial charge in [-0.1, -0.05) is 18.2 Å². The standard InChI is InChI=1S/C14H18N2O/c1-17-9-3-6-14(15)13-5-2-4-11-10-16-8-7-12(11)13/h2,4-5,7-8,10,14H,3,6,9,15H2,1H3. The Balaban J connectivity index is 2.22. The molecule has 0 aliphatic heterocycles. The second-order valence-electron chi connectivity index (χ2n) is 4.19. The van der Waals surface area contributed by atoms with E-state index in [0.29, 0.717) is 0 Å². The van der Waals surface area contributed by atoms with Crippen molar-refractivity contribution in [3.8, 4) is 0 Å². The number of benzene rings is 1. The van der Waals surface area contributed by atoms with Crippen LogP contribution in [0, 0.1) is 0 Å². The topological polar surface area (TPSA) is 48.1 Å². The highest BCUT2D eigenvalue weighted by atomic mass is 16.5. The molecule has 1 unspecified atom stereocenters. The Morgan fingerprint density at radius 2 is 2.24 bits per heavy atom. The Bertz CT molecular complexity index is 479. The first-order chi connectivity index (χ1) is 8.33. The summed E-state index contributed by atoms with van der Waals surface area (Å²) < 4.78 is 5.05. The molecule has 0 aliphatic carbocycles. The minimum atomic E-state index is 0.0660. The SMILES string of the molecule is COCCCC(N)c1cccc2cnccc12. The second-order valence-corrected chi connectivity index (χ2v) is 4.19. The predicted molar refractivity (Wildman–Crippen MR) is 69.8 cm³/mol. The molecule has 2 rings (SSSR count). The average Bonchev–Trinajstić information content (AvgIpc) is 2.38. The molecule has 1 aromatic carbocycles. The number of pyridine rings is 1. The summed E-state index contributed by atoms with van der Waals surface area (Å²) >= 11 is 0. The van der Waals surface area contributed by atoms with Crippen LogP contribution in [0.5, 0.6) is 0 Å². The smallest absolute Gasteiger partial charge is 0.0462 e. The first-order valence-electron chi connectivity index (χ1n) is 5.90. The zero-order chi connectivity index (χ0) is 12.1. The molecule has 17 heavy (non-hydrogen) atoms. The molecule has 2 aromatic rings. The van der Waals surface area contributed by atoms with Gasteiger partial charge in [0.25, 0.3) is 0 Å². The van der Waals surface area contributed by atoms with Crippen molar-refractivity contribution < 1.29 is 4.74 Å². The molecule has 1 aromatic heterocycles. The predicted octanol–water partition coefficient (Wildman–Crippen LogP) is 2.66. The molecule has 1 atom stereocenters. The highest BCUT2D eigenvalue weighted by Crippen LogP contribution is 2.24. The lowest BCUT2D eigenvalue weighted by molar-refractivity contribution is 0.190. The van der Waals surface area contributed by atoms with Crippen LogP contribution in [0.4, 0.5) is 0 Å². The zero-order valence-corrected chi connectivity index (χ0v) is 10.1. The van der Waals surface area contributed by atoms with Crippen molar-refractivity contribution in [3.63, 3.8) is 0 Å². The fourth-order valence-electron chi connectivity index (χ4n) is 2.07. The molecule has 0 bridgehead atoms. The fourth-order valence-corrected chi connectivity index (χ4v) is 2.07. The molecule has 0 fully saturated rings. The van der Waals surface area contributed by atoms with Gasteiger partial charge < -0.3 is 10.5 Å². The summed E-state index contributed by atoms with van der Waals surface area (Å²) in [5.74, 6) is 0. The van der Waals surface area contributed by atoms with Gasteiger partial charge in [-0.15, -0.1) is 0 Å². The summed E-state index contributed by atoms with van der Waals surface area (Å²) in [6, 6.07) is 8.29. The van der Waals surface area contributed by atoms with Crippen molar-refractivity contribution in [2.24, 2.45) is 5.73 Å². The van der Waals surface area contributed by atoms with Crippen LogP contribution in [0.2, 0.25) is 0 Å². The second kappa shape index (κ2) is 5.75. The normalized spacial score (nSPS) is 12.8. The summed E-state index contributed by atoms with van der Waals surface area (Å²) in [4.78, 5) is 4.13. The number of hydrogen-bond donors (Lipinski definition) is 1. The van der Waals surface area contributed by atoms with Gasteiger partial charge in [-0.05, 0) is 29.9 Å². The maximum atomic E-state index is 6.23. The number of fused-ring (bicyclic) bond motifs is 1. The maximum absolute atomic E-state index is 6.23. The molecule has 0 saturated heterocycles. The Labute approximate surface area is 102 Å². The van der Waals surface area contributed by atoms with Crippen LogP contribution < -0.4 is 5.73 Å². The molecule has 0 spiro atoms. The van der Waals surface area contributed by atoms with Crippen molar-refractivity contribution in [3.05, 3.63) is 42.2 Å². The Kier molecular flexibility index (Phi) is 4.07. The van der Waals surface area contributed by atoms with E-state index in [1.165, 1.54) is 10.9 Å². The van der Waals surface area contributed by atoms with E-state index in [1.807, 2.05) is 24.5 Å². The van der Waals surface area contributed by atoms with E-state index in [2.05, 4.69) is 17.1 Å². The van der Waals surface area contributed by atoms with Gasteiger partial charge in [0.1, 0.15) is 0 Å². The molecule has 0 amide bonds. The van der Waals surface area contributed by atoms with Crippen molar-refractivity contribution >= 4 is 10.8 Å². The lowest BCUT2D eigenvalue weighted by Crippen LogP contribution is -2.11. The number of rotatable bonds is 5. The van der Waals surface area contributed by atoms with Crippen LogP contribution in [-0.4, -0.2) is 18.7 Å². The Morgan fingerprint density at radius 1 is 1.35 bits per heavy atom. The molecule has 90 valence electrons. The largest absolute Gasteiger partial charge is 0.385 e. The van der Waals surface area contributed by atoms with Gasteiger partial charge in [0, 0.05) is 37.5 Å². The van der Waals surface area contributed by atoms with Crippen LogP contribution in [-0.2, 0) is 4.74 Å². The number of hydrogen-bond acceptors (Lipinski definition) is 3. The van der Waals surface area contributed by atoms with Gasteiger partial charge in [0.2, 0.25) is 0 Å². The van der Waals surface area contributed by atoms with Gasteiger partial charge in [-0.25, -0.2) is 0 Å². The van der Waals surface area contributed by atoms with E-state index in [4.69, 9.17) is 10.5 Å². The quantitative estimate of drug-likeness (QED) is 0.803. The number of nitrogens with two attached hydrogens (primary N) is 1. The summed E-state index contributed by atoms with van der Waals surface area (Å²) in [5.41, 5.74) is 7.42. The van der Waals surface area contributed by atoms with Crippen LogP contribution in [0.25, 0.3) is 10.8 Å². The van der Waals surface area contributed by atoms with Crippen molar-refractivity contribution in [1.82, 2.24) is 4.98 Å². The summed E-state index contributed by atoms with van der Waals surface area (Å²) in [6.45, 7) is 0.764. The first kappa shape index (κ1) is 12.0. The number of ether oxygens (including phenoxy) is 1. The third-order valence-electron chi connectivity index (χ3n) is 2.98. The third kappa shape index (κ3) is 2.81. The van der Waals surface area contributed by atoms with Gasteiger partial charge in [-0.3, -0.25) is 4.98 Å². The number of aromatic nitrogens is 1. The minimum absolute atomic E-state index is 0.0660. The van der Waals surface area contributed by atoms with E-state index >= 15 is 0 Å². The minimum Gasteiger partial charge on any atom is -0.385 e. The monoisotopic (exact) mass is 230 g/mol. The molecule has 0 saturated carbocycles. The van der Waals surface area contributed by atoms with Gasteiger partial charge in [0.15, 0.2) is 0 Å². The first-order valence-corrected chi connectivity index (χ1v) is 5.90. The summed E-state index contributed by atoms with van der Waals surface area (Å²) in [6.07, 6.45) is 5.61. The molecule has 2 N–H and O–H groups in total. The lowest BCUT2D eigenvalue weighted by Gasteiger charge is -2.14.